The van der Waals surface area contributed by atoms with Crippen molar-refractivity contribution < 1.29 is 196 Å². The van der Waals surface area contributed by atoms with Crippen LogP contribution in [0.1, 0.15) is 316 Å². The quantitative estimate of drug-likeness (QED) is 0.146. The average molecular weight is 2120 g/mol. The van der Waals surface area contributed by atoms with Crippen LogP contribution >= 0.6 is 0 Å². The number of rotatable bonds is 6. The zero-order chi connectivity index (χ0) is 89.8. The third kappa shape index (κ3) is 37.5. The van der Waals surface area contributed by atoms with Crippen LogP contribution in [0.5, 0.6) is 0 Å². The third-order valence-electron chi connectivity index (χ3n) is 21.5. The van der Waals surface area contributed by atoms with E-state index < -0.39 is 0 Å². The van der Waals surface area contributed by atoms with E-state index in [0.29, 0.717) is 0 Å². The second kappa shape index (κ2) is 50.2. The molecule has 0 spiro atoms. The summed E-state index contributed by atoms with van der Waals surface area (Å²) in [7, 11) is 0. The van der Waals surface area contributed by atoms with E-state index in [1.54, 1.807) is 0 Å². The van der Waals surface area contributed by atoms with Gasteiger partial charge >= 0.3 is 0 Å². The zero-order valence-corrected chi connectivity index (χ0v) is 101. The Hall–Kier alpha value is -2.74. The van der Waals surface area contributed by atoms with Crippen LogP contribution in [0.25, 0.3) is 66.8 Å². The fraction of sp³-hybridized carbons (Fsp3) is 0.400. The van der Waals surface area contributed by atoms with E-state index in [4.69, 9.17) is 0 Å². The minimum Gasteiger partial charge on any atom is -0.226 e. The molecular formula is C120H144Y6-12. The van der Waals surface area contributed by atoms with Crippen LogP contribution in [0.3, 0.4) is 0 Å². The van der Waals surface area contributed by atoms with Crippen molar-refractivity contribution in [1.29, 1.82) is 0 Å². The summed E-state index contributed by atoms with van der Waals surface area (Å²) in [5, 5.41) is 0. The van der Waals surface area contributed by atoms with Crippen molar-refractivity contribution in [2.75, 3.05) is 0 Å². The van der Waals surface area contributed by atoms with Gasteiger partial charge in [0, 0.05) is 196 Å². The number of benzene rings is 12. The Morgan fingerprint density at radius 2 is 0.437 bits per heavy atom. The summed E-state index contributed by atoms with van der Waals surface area (Å²) >= 11 is 0. The normalized spacial score (nSPS) is 11.9. The SMILES string of the molecule is CC(C)(C)c1[c-]c(-c2[c-]c(C(C)(C)C)ccc2)ccc1.CC(C)(C)c1[c-]c(-c2[c-]cc(C(C)(C)C)cc2)ccc1.CC(C)(C)c1c[c-]c(-c2[c-]cc(C(C)(C)C)cc2)cc1.CC(C)(C)c1c[c-]c(-c2[c-]cccc2)c(C(C)(C)C)c1.CC(C)(C)c1cc[c-]c(-c2[c-]ccc(C(C)(C)C)c2)c1.CC(C)(C)c1ccc[c-]c1-c1[c-]cccc1C(C)(C)C.[Y].[Y].[Y].[Y].[Y].[Y]. The molecular weight excluding hydrogens is 1970 g/mol. The molecule has 6 radical (unpaired) electrons. The van der Waals surface area contributed by atoms with Gasteiger partial charge in [-0.3, -0.25) is 0 Å². The molecule has 0 fully saturated rings. The van der Waals surface area contributed by atoms with E-state index in [2.05, 4.69) is 504 Å². The Balaban J connectivity index is 0.000000749. The molecule has 12 aromatic rings. The smallest absolute Gasteiger partial charge is 0 e. The average Bonchev–Trinajstić information content (AvgIpc) is 0.784. The molecule has 0 amide bonds. The van der Waals surface area contributed by atoms with Gasteiger partial charge < -0.3 is 0 Å². The Bertz CT molecular complexity index is 4910. The van der Waals surface area contributed by atoms with Crippen LogP contribution in [-0.2, 0) is 261 Å². The summed E-state index contributed by atoms with van der Waals surface area (Å²) < 4.78 is 0. The molecule has 126 heavy (non-hydrogen) atoms. The first-order valence-corrected chi connectivity index (χ1v) is 43.4. The molecule has 0 saturated heterocycles. The van der Waals surface area contributed by atoms with Crippen molar-refractivity contribution in [3.8, 4) is 66.8 Å². The van der Waals surface area contributed by atoms with E-state index in [-0.39, 0.29) is 261 Å². The fourth-order valence-corrected chi connectivity index (χ4v) is 13.4. The minimum absolute atomic E-state index is 0. The van der Waals surface area contributed by atoms with Gasteiger partial charge in [-0.25, -0.2) is 66.8 Å². The van der Waals surface area contributed by atoms with Gasteiger partial charge in [0.2, 0.25) is 0 Å². The van der Waals surface area contributed by atoms with Crippen molar-refractivity contribution >= 4 is 0 Å². The summed E-state index contributed by atoms with van der Waals surface area (Å²) in [5.74, 6) is 0. The van der Waals surface area contributed by atoms with Crippen LogP contribution in [0, 0.1) is 72.8 Å². The molecule has 0 unspecified atom stereocenters. The monoisotopic (exact) mass is 2120 g/mol. The molecule has 0 nitrogen and oxygen atoms in total. The topological polar surface area (TPSA) is 0 Å². The van der Waals surface area contributed by atoms with Gasteiger partial charge in [-0.15, -0.1) is 105 Å². The van der Waals surface area contributed by atoms with Gasteiger partial charge in [-0.2, -0.15) is 253 Å². The van der Waals surface area contributed by atoms with E-state index in [9.17, 15) is 0 Å². The summed E-state index contributed by atoms with van der Waals surface area (Å²) in [6.07, 6.45) is 0. The first-order valence-electron chi connectivity index (χ1n) is 43.4. The molecule has 0 aromatic heterocycles. The van der Waals surface area contributed by atoms with E-state index in [1.807, 2.05) is 36.4 Å². The predicted octanol–water partition coefficient (Wildman–Crippen LogP) is 33.3. The summed E-state index contributed by atoms with van der Waals surface area (Å²) in [5.41, 5.74) is 31.0. The minimum atomic E-state index is 0. The molecule has 0 aliphatic rings. The molecule has 0 heterocycles. The maximum absolute atomic E-state index is 3.55. The van der Waals surface area contributed by atoms with E-state index in [1.165, 1.54) is 83.5 Å². The second-order valence-corrected chi connectivity index (χ2v) is 44.8. The maximum Gasteiger partial charge on any atom is 0 e. The van der Waals surface area contributed by atoms with Crippen LogP contribution < -0.4 is 0 Å². The summed E-state index contributed by atoms with van der Waals surface area (Å²) in [6, 6.07) is 118. The van der Waals surface area contributed by atoms with Crippen molar-refractivity contribution in [2.45, 2.75) is 314 Å². The second-order valence-electron chi connectivity index (χ2n) is 44.8. The van der Waals surface area contributed by atoms with Gasteiger partial charge in [-0.1, -0.05) is 265 Å². The number of hydrogen-bond acceptors (Lipinski definition) is 0. The van der Waals surface area contributed by atoms with Crippen molar-refractivity contribution in [3.05, 3.63) is 358 Å². The first-order chi connectivity index (χ1) is 55.1. The summed E-state index contributed by atoms with van der Waals surface area (Å²) in [6.45, 7) is 80.4. The Labute approximate surface area is 922 Å². The van der Waals surface area contributed by atoms with Gasteiger partial charge in [-0.05, 0) is 48.7 Å². The molecule has 12 rings (SSSR count). The van der Waals surface area contributed by atoms with Gasteiger partial charge in [0.05, 0.1) is 0 Å². The maximum atomic E-state index is 3.55. The molecule has 12 aromatic carbocycles. The van der Waals surface area contributed by atoms with Crippen LogP contribution in [0.15, 0.2) is 218 Å². The van der Waals surface area contributed by atoms with Crippen molar-refractivity contribution in [3.63, 3.8) is 0 Å². The van der Waals surface area contributed by atoms with Crippen LogP contribution in [-0.4, -0.2) is 0 Å². The van der Waals surface area contributed by atoms with Gasteiger partial charge in [0.1, 0.15) is 0 Å². The van der Waals surface area contributed by atoms with Crippen molar-refractivity contribution in [1.82, 2.24) is 0 Å². The largest absolute Gasteiger partial charge is 0.226 e. The Kier molecular flexibility index (Phi) is 48.3. The predicted molar refractivity (Wildman–Crippen MR) is 522 cm³/mol. The first kappa shape index (κ1) is 121. The van der Waals surface area contributed by atoms with Gasteiger partial charge in [0.15, 0.2) is 0 Å². The third-order valence-corrected chi connectivity index (χ3v) is 21.5. The molecule has 0 atom stereocenters. The number of hydrogen-bond donors (Lipinski definition) is 0. The van der Waals surface area contributed by atoms with E-state index >= 15 is 0 Å². The van der Waals surface area contributed by atoms with E-state index in [0.717, 1.165) is 50.1 Å². The summed E-state index contributed by atoms with van der Waals surface area (Å²) in [4.78, 5) is 0. The molecule has 0 bridgehead atoms. The fourth-order valence-electron chi connectivity index (χ4n) is 13.4. The molecule has 6 heteroatoms. The Morgan fingerprint density at radius 1 is 0.159 bits per heavy atom. The Morgan fingerprint density at radius 3 is 0.706 bits per heavy atom. The molecule has 0 saturated carbocycles. The van der Waals surface area contributed by atoms with Crippen LogP contribution in [0.4, 0.5) is 0 Å². The standard InChI is InChI=1S/6C20H24.6Y/c1-19(2,3)17-11-7-15(8-12-17)16-9-13-18(14-10-16)20(4,5)6;2*1-19(2,3)17-11-7-9-15(13-17)16-10-8-12-18(14-16)20(4,5)6;1-19(2,3)17-13-9-7-11-15(17)16-12-8-10-14-18(16)20(4,5)6;1-19(2,3)17-12-10-15(11-13-17)16-8-7-9-18(14-16)20(4,5)6;1-19(2,3)16-12-13-17(15-10-8-7-9-11-15)18(14-16)20(4,5)6;;;;;;/h7,9,11-14H,1-6H3;7-8,11-14H,1-6H3;7-12H,1-6H3;7-10,13-14H,1-6H3;7-10,12-13H,1-6H3;7-10,12,14H,1-6H3;;;;;;/q6*-2;;;;;;. The molecule has 654 valence electrons. The molecule has 0 N–H and O–H groups in total. The molecule has 0 aliphatic heterocycles. The van der Waals surface area contributed by atoms with Crippen molar-refractivity contribution in [2.24, 2.45) is 0 Å². The molecule has 0 aliphatic carbocycles. The van der Waals surface area contributed by atoms with Crippen LogP contribution in [0.2, 0.25) is 0 Å². The zero-order valence-electron chi connectivity index (χ0n) is 84.2. The van der Waals surface area contributed by atoms with Gasteiger partial charge in [0.25, 0.3) is 0 Å².